The summed E-state index contributed by atoms with van der Waals surface area (Å²) in [7, 11) is 0. The van der Waals surface area contributed by atoms with Crippen LogP contribution in [0, 0.1) is 0 Å². The highest BCUT2D eigenvalue weighted by Crippen LogP contribution is 2.22. The van der Waals surface area contributed by atoms with Gasteiger partial charge in [0, 0.05) is 6.42 Å². The van der Waals surface area contributed by atoms with Crippen LogP contribution >= 0.6 is 0 Å². The average molecular weight is 710 g/mol. The van der Waals surface area contributed by atoms with Gasteiger partial charge in [-0.05, 0) is 38.5 Å². The highest BCUT2D eigenvalue weighted by atomic mass is 16.7. The Morgan fingerprint density at radius 1 is 0.680 bits per heavy atom. The Morgan fingerprint density at radius 2 is 1.18 bits per heavy atom. The summed E-state index contributed by atoms with van der Waals surface area (Å²) in [6.07, 6.45) is 30.5. The number of hydrogen-bond acceptors (Lipinski definition) is 8. The van der Waals surface area contributed by atoms with Crippen LogP contribution in [-0.4, -0.2) is 87.5 Å². The Bertz CT molecular complexity index is 879. The number of aliphatic hydroxyl groups is 5. The molecule has 292 valence electrons. The maximum absolute atomic E-state index is 12.8. The van der Waals surface area contributed by atoms with Gasteiger partial charge in [0.2, 0.25) is 5.91 Å². The van der Waals surface area contributed by atoms with Gasteiger partial charge in [-0.2, -0.15) is 0 Å². The zero-order valence-corrected chi connectivity index (χ0v) is 31.6. The van der Waals surface area contributed by atoms with Gasteiger partial charge < -0.3 is 40.3 Å². The fourth-order valence-electron chi connectivity index (χ4n) is 6.14. The number of aliphatic hydroxyl groups excluding tert-OH is 5. The van der Waals surface area contributed by atoms with Crippen LogP contribution in [0.4, 0.5) is 0 Å². The summed E-state index contributed by atoms with van der Waals surface area (Å²) in [4.78, 5) is 12.8. The van der Waals surface area contributed by atoms with E-state index in [-0.39, 0.29) is 18.9 Å². The van der Waals surface area contributed by atoms with Crippen molar-refractivity contribution in [3.8, 4) is 0 Å². The quantitative estimate of drug-likeness (QED) is 0.0314. The first-order valence-electron chi connectivity index (χ1n) is 20.2. The van der Waals surface area contributed by atoms with Crippen LogP contribution in [0.3, 0.4) is 0 Å². The van der Waals surface area contributed by atoms with E-state index in [1.165, 1.54) is 103 Å². The predicted molar refractivity (Wildman–Crippen MR) is 203 cm³/mol. The van der Waals surface area contributed by atoms with Crippen molar-refractivity contribution in [3.05, 3.63) is 36.5 Å². The maximum atomic E-state index is 12.8. The van der Waals surface area contributed by atoms with E-state index in [2.05, 4.69) is 37.4 Å². The zero-order chi connectivity index (χ0) is 36.7. The maximum Gasteiger partial charge on any atom is 0.220 e. The Balaban J connectivity index is 2.49. The average Bonchev–Trinajstić information content (AvgIpc) is 3.11. The van der Waals surface area contributed by atoms with Crippen LogP contribution in [0.2, 0.25) is 0 Å². The smallest absolute Gasteiger partial charge is 0.220 e. The van der Waals surface area contributed by atoms with E-state index in [1.54, 1.807) is 6.08 Å². The van der Waals surface area contributed by atoms with Gasteiger partial charge in [-0.1, -0.05) is 153 Å². The van der Waals surface area contributed by atoms with Gasteiger partial charge in [0.05, 0.1) is 25.4 Å². The molecule has 9 nitrogen and oxygen atoms in total. The second-order valence-corrected chi connectivity index (χ2v) is 14.1. The number of ether oxygens (including phenoxy) is 2. The molecule has 0 aromatic heterocycles. The Kier molecular flexibility index (Phi) is 29.8. The van der Waals surface area contributed by atoms with Gasteiger partial charge in [-0.25, -0.2) is 0 Å². The summed E-state index contributed by atoms with van der Waals surface area (Å²) in [5.74, 6) is -0.246. The summed E-state index contributed by atoms with van der Waals surface area (Å²) >= 11 is 0. The summed E-state index contributed by atoms with van der Waals surface area (Å²) in [5.41, 5.74) is 0. The van der Waals surface area contributed by atoms with E-state index in [0.717, 1.165) is 32.1 Å². The second-order valence-electron chi connectivity index (χ2n) is 14.1. The molecule has 0 spiro atoms. The minimum atomic E-state index is -1.57. The van der Waals surface area contributed by atoms with Crippen molar-refractivity contribution in [3.63, 3.8) is 0 Å². The third-order valence-corrected chi connectivity index (χ3v) is 9.47. The summed E-state index contributed by atoms with van der Waals surface area (Å²) in [6, 6.07) is -0.832. The number of unbranched alkanes of at least 4 members (excludes halogenated alkanes) is 18. The first-order valence-corrected chi connectivity index (χ1v) is 20.2. The Morgan fingerprint density at radius 3 is 1.72 bits per heavy atom. The molecule has 1 rings (SSSR count). The van der Waals surface area contributed by atoms with Crippen LogP contribution in [0.25, 0.3) is 0 Å². The normalized spacial score (nSPS) is 22.6. The summed E-state index contributed by atoms with van der Waals surface area (Å²) < 4.78 is 11.1. The van der Waals surface area contributed by atoms with E-state index in [1.807, 2.05) is 12.2 Å². The molecule has 0 saturated carbocycles. The van der Waals surface area contributed by atoms with Gasteiger partial charge in [0.15, 0.2) is 6.29 Å². The third kappa shape index (κ3) is 23.1. The molecule has 7 atom stereocenters. The van der Waals surface area contributed by atoms with Crippen molar-refractivity contribution in [1.29, 1.82) is 0 Å². The topological polar surface area (TPSA) is 149 Å². The van der Waals surface area contributed by atoms with Crippen LogP contribution < -0.4 is 5.32 Å². The van der Waals surface area contributed by atoms with Gasteiger partial charge >= 0.3 is 0 Å². The Hall–Kier alpha value is -1.59. The van der Waals surface area contributed by atoms with Gasteiger partial charge in [0.25, 0.3) is 0 Å². The number of allylic oxidation sites excluding steroid dienone is 5. The molecule has 9 heteroatoms. The molecule has 7 unspecified atom stereocenters. The number of carbonyl (C=O) groups excluding carboxylic acids is 1. The van der Waals surface area contributed by atoms with Crippen molar-refractivity contribution in [2.45, 2.75) is 204 Å². The lowest BCUT2D eigenvalue weighted by Crippen LogP contribution is -2.60. The van der Waals surface area contributed by atoms with Crippen molar-refractivity contribution in [1.82, 2.24) is 5.32 Å². The standard InChI is InChI=1S/C41H75NO8/c1-3-5-7-9-11-13-15-17-19-20-22-24-26-28-30-35(44)34(33-49-41-40(48)39(47)38(46)36(32-43)50-41)42-37(45)31-29-27-25-23-21-18-16-14-12-10-8-6-4-2/h18,21,25,27-28,30,34-36,38-41,43-44,46-48H,3-17,19-20,22-24,26,29,31-33H2,1-2H3,(H,42,45)/b21-18-,27-25-,30-28+. The number of amides is 1. The largest absolute Gasteiger partial charge is 0.394 e. The van der Waals surface area contributed by atoms with Crippen LogP contribution in [-0.2, 0) is 14.3 Å². The molecule has 0 aliphatic carbocycles. The molecule has 1 saturated heterocycles. The number of rotatable bonds is 32. The molecule has 1 aliphatic heterocycles. The summed E-state index contributed by atoms with van der Waals surface area (Å²) in [5, 5.41) is 53.9. The molecule has 1 heterocycles. The van der Waals surface area contributed by atoms with Crippen LogP contribution in [0.5, 0.6) is 0 Å². The molecule has 0 aromatic carbocycles. The molecule has 1 fully saturated rings. The number of hydrogen-bond donors (Lipinski definition) is 6. The molecule has 0 aromatic rings. The van der Waals surface area contributed by atoms with Crippen LogP contribution in [0.1, 0.15) is 162 Å². The van der Waals surface area contributed by atoms with Gasteiger partial charge in [-0.15, -0.1) is 0 Å². The second kappa shape index (κ2) is 32.1. The highest BCUT2D eigenvalue weighted by molar-refractivity contribution is 5.76. The van der Waals surface area contributed by atoms with E-state index in [0.29, 0.717) is 6.42 Å². The molecular formula is C41H75NO8. The molecule has 6 N–H and O–H groups in total. The molecule has 0 radical (unpaired) electrons. The fourth-order valence-corrected chi connectivity index (χ4v) is 6.14. The van der Waals surface area contributed by atoms with E-state index in [4.69, 9.17) is 9.47 Å². The lowest BCUT2D eigenvalue weighted by Gasteiger charge is -2.40. The molecule has 1 amide bonds. The van der Waals surface area contributed by atoms with Gasteiger partial charge in [-0.3, -0.25) is 4.79 Å². The van der Waals surface area contributed by atoms with Gasteiger partial charge in [0.1, 0.15) is 24.4 Å². The minimum absolute atomic E-state index is 0.211. The lowest BCUT2D eigenvalue weighted by molar-refractivity contribution is -0.302. The molecule has 50 heavy (non-hydrogen) atoms. The minimum Gasteiger partial charge on any atom is -0.394 e. The first-order chi connectivity index (χ1) is 24.3. The van der Waals surface area contributed by atoms with Crippen molar-refractivity contribution >= 4 is 5.91 Å². The molecule has 1 aliphatic rings. The van der Waals surface area contributed by atoms with E-state index in [9.17, 15) is 30.3 Å². The molecular weight excluding hydrogens is 634 g/mol. The first kappa shape index (κ1) is 46.4. The van der Waals surface area contributed by atoms with Crippen LogP contribution in [0.15, 0.2) is 36.5 Å². The fraction of sp³-hybridized carbons (Fsp3) is 0.829. The Labute approximate surface area is 304 Å². The van der Waals surface area contributed by atoms with E-state index >= 15 is 0 Å². The SMILES string of the molecule is CCCCCCCC/C=C\C/C=C\CCC(=O)NC(COC1OC(CO)C(O)C(O)C1O)C(O)/C=C/CCCCCCCCCCCCCC. The predicted octanol–water partition coefficient (Wildman–Crippen LogP) is 7.33. The highest BCUT2D eigenvalue weighted by Gasteiger charge is 2.44. The summed E-state index contributed by atoms with van der Waals surface area (Å²) in [6.45, 7) is 3.70. The third-order valence-electron chi connectivity index (χ3n) is 9.47. The van der Waals surface area contributed by atoms with Crippen molar-refractivity contribution in [2.24, 2.45) is 0 Å². The lowest BCUT2D eigenvalue weighted by atomic mass is 9.99. The van der Waals surface area contributed by atoms with E-state index < -0.39 is 49.5 Å². The van der Waals surface area contributed by atoms with Crippen molar-refractivity contribution in [2.75, 3.05) is 13.2 Å². The monoisotopic (exact) mass is 710 g/mol. The zero-order valence-electron chi connectivity index (χ0n) is 31.6. The van der Waals surface area contributed by atoms with Crippen molar-refractivity contribution < 1.29 is 39.8 Å². The number of nitrogens with one attached hydrogen (secondary N) is 1. The number of carbonyl (C=O) groups is 1. The molecule has 0 bridgehead atoms.